The molecule has 12 heavy (non-hydrogen) atoms. The van der Waals surface area contributed by atoms with Gasteiger partial charge in [-0.3, -0.25) is 4.79 Å². The lowest BCUT2D eigenvalue weighted by Gasteiger charge is -2.09. The standard InChI is InChI=1S/C10H17NO/c1-7(2)5-6-10(9(4)12)8(3)11-10/h7,11H,3,5-6H2,1-2,4H3. The van der Waals surface area contributed by atoms with E-state index in [1.54, 1.807) is 6.92 Å². The molecule has 1 aliphatic heterocycles. The Kier molecular flexibility index (Phi) is 2.27. The molecule has 0 aromatic carbocycles. The van der Waals surface area contributed by atoms with Crippen LogP contribution in [-0.2, 0) is 4.79 Å². The van der Waals surface area contributed by atoms with E-state index >= 15 is 0 Å². The van der Waals surface area contributed by atoms with Crippen molar-refractivity contribution in [2.45, 2.75) is 39.2 Å². The van der Waals surface area contributed by atoms with Gasteiger partial charge in [0.2, 0.25) is 0 Å². The number of ketones is 1. The van der Waals surface area contributed by atoms with Gasteiger partial charge in [-0.1, -0.05) is 20.4 Å². The largest absolute Gasteiger partial charge is 0.370 e. The summed E-state index contributed by atoms with van der Waals surface area (Å²) in [6, 6.07) is 0. The first-order chi connectivity index (χ1) is 5.49. The summed E-state index contributed by atoms with van der Waals surface area (Å²) in [4.78, 5) is 11.2. The van der Waals surface area contributed by atoms with Crippen LogP contribution in [0.25, 0.3) is 0 Å². The SMILES string of the molecule is C=C1NC1(CCC(C)C)C(C)=O. The predicted octanol–water partition coefficient (Wildman–Crippen LogP) is 1.87. The zero-order chi connectivity index (χ0) is 9.35. The van der Waals surface area contributed by atoms with Crippen molar-refractivity contribution in [3.05, 3.63) is 12.3 Å². The molecule has 0 aromatic heterocycles. The molecule has 1 fully saturated rings. The van der Waals surface area contributed by atoms with Crippen molar-refractivity contribution in [1.82, 2.24) is 5.32 Å². The summed E-state index contributed by atoms with van der Waals surface area (Å²) in [6.45, 7) is 9.75. The molecule has 0 aromatic rings. The predicted molar refractivity (Wildman–Crippen MR) is 49.8 cm³/mol. The maximum absolute atomic E-state index is 11.2. The first-order valence-electron chi connectivity index (χ1n) is 4.47. The summed E-state index contributed by atoms with van der Waals surface area (Å²) >= 11 is 0. The van der Waals surface area contributed by atoms with Gasteiger partial charge in [-0.25, -0.2) is 0 Å². The Morgan fingerprint density at radius 3 is 2.42 bits per heavy atom. The lowest BCUT2D eigenvalue weighted by atomic mass is 9.93. The van der Waals surface area contributed by atoms with Crippen LogP contribution in [0.3, 0.4) is 0 Å². The molecule has 0 radical (unpaired) electrons. The van der Waals surface area contributed by atoms with E-state index in [2.05, 4.69) is 25.7 Å². The second-order valence-electron chi connectivity index (χ2n) is 4.00. The van der Waals surface area contributed by atoms with Crippen LogP contribution in [0.15, 0.2) is 12.3 Å². The Labute approximate surface area is 74.0 Å². The van der Waals surface area contributed by atoms with Crippen LogP contribution in [0.4, 0.5) is 0 Å². The van der Waals surface area contributed by atoms with Gasteiger partial charge < -0.3 is 5.32 Å². The highest BCUT2D eigenvalue weighted by atomic mass is 16.1. The van der Waals surface area contributed by atoms with Crippen molar-refractivity contribution in [1.29, 1.82) is 0 Å². The van der Waals surface area contributed by atoms with Gasteiger partial charge in [0.15, 0.2) is 5.78 Å². The van der Waals surface area contributed by atoms with Crippen molar-refractivity contribution in [3.63, 3.8) is 0 Å². The van der Waals surface area contributed by atoms with E-state index in [1.807, 2.05) is 0 Å². The van der Waals surface area contributed by atoms with E-state index in [-0.39, 0.29) is 11.3 Å². The Morgan fingerprint density at radius 1 is 1.67 bits per heavy atom. The number of Topliss-reactive ketones (excluding diaryl/α,β-unsaturated/α-hetero) is 1. The van der Waals surface area contributed by atoms with E-state index < -0.39 is 0 Å². The van der Waals surface area contributed by atoms with Gasteiger partial charge in [0.05, 0.1) is 0 Å². The summed E-state index contributed by atoms with van der Waals surface area (Å²) in [6.07, 6.45) is 1.98. The number of carbonyl (C=O) groups is 1. The van der Waals surface area contributed by atoms with Crippen molar-refractivity contribution in [3.8, 4) is 0 Å². The van der Waals surface area contributed by atoms with Crippen molar-refractivity contribution in [2.24, 2.45) is 5.92 Å². The zero-order valence-electron chi connectivity index (χ0n) is 8.11. The van der Waals surface area contributed by atoms with Gasteiger partial charge in [0.1, 0.15) is 5.54 Å². The molecular formula is C10H17NO. The molecule has 0 saturated carbocycles. The Balaban J connectivity index is 2.49. The van der Waals surface area contributed by atoms with E-state index in [0.29, 0.717) is 5.92 Å². The Hall–Kier alpha value is -0.790. The minimum absolute atomic E-state index is 0.202. The molecule has 0 spiro atoms. The number of hydrogen-bond donors (Lipinski definition) is 1. The molecule has 68 valence electrons. The van der Waals surface area contributed by atoms with Gasteiger partial charge in [-0.2, -0.15) is 0 Å². The van der Waals surface area contributed by atoms with E-state index in [1.165, 1.54) is 0 Å². The smallest absolute Gasteiger partial charge is 0.161 e. The summed E-state index contributed by atoms with van der Waals surface area (Å²) in [5.74, 6) is 0.851. The fourth-order valence-corrected chi connectivity index (χ4v) is 1.42. The molecule has 2 nitrogen and oxygen atoms in total. The molecule has 1 unspecified atom stereocenters. The second-order valence-corrected chi connectivity index (χ2v) is 4.00. The monoisotopic (exact) mass is 167 g/mol. The van der Waals surface area contributed by atoms with E-state index in [4.69, 9.17) is 0 Å². The van der Waals surface area contributed by atoms with Crippen LogP contribution >= 0.6 is 0 Å². The number of rotatable bonds is 4. The minimum atomic E-state index is -0.343. The summed E-state index contributed by atoms with van der Waals surface area (Å²) in [5, 5.41) is 3.06. The van der Waals surface area contributed by atoms with Crippen molar-refractivity contribution >= 4 is 5.78 Å². The summed E-state index contributed by atoms with van der Waals surface area (Å²) < 4.78 is 0. The van der Waals surface area contributed by atoms with Crippen LogP contribution in [0.1, 0.15) is 33.6 Å². The van der Waals surface area contributed by atoms with Crippen molar-refractivity contribution in [2.75, 3.05) is 0 Å². The quantitative estimate of drug-likeness (QED) is 0.649. The fourth-order valence-electron chi connectivity index (χ4n) is 1.42. The van der Waals surface area contributed by atoms with Gasteiger partial charge in [0, 0.05) is 5.70 Å². The molecule has 1 atom stereocenters. The van der Waals surface area contributed by atoms with Crippen LogP contribution in [0.5, 0.6) is 0 Å². The molecular weight excluding hydrogens is 150 g/mol. The number of hydrogen-bond acceptors (Lipinski definition) is 2. The number of nitrogens with one attached hydrogen (secondary N) is 1. The first kappa shape index (κ1) is 9.30. The summed E-state index contributed by atoms with van der Waals surface area (Å²) in [5.41, 5.74) is 0.556. The highest BCUT2D eigenvalue weighted by Gasteiger charge is 2.50. The van der Waals surface area contributed by atoms with Crippen molar-refractivity contribution < 1.29 is 4.79 Å². The average molecular weight is 167 g/mol. The van der Waals surface area contributed by atoms with Crippen LogP contribution in [0.2, 0.25) is 0 Å². The molecule has 0 bridgehead atoms. The lowest BCUT2D eigenvalue weighted by molar-refractivity contribution is -0.119. The molecule has 1 heterocycles. The fraction of sp³-hybridized carbons (Fsp3) is 0.700. The Bertz CT molecular complexity index is 220. The normalized spacial score (nSPS) is 27.2. The van der Waals surface area contributed by atoms with Crippen LogP contribution < -0.4 is 5.32 Å². The first-order valence-corrected chi connectivity index (χ1v) is 4.47. The maximum atomic E-state index is 11.2. The lowest BCUT2D eigenvalue weighted by Crippen LogP contribution is -2.25. The number of carbonyl (C=O) groups excluding carboxylic acids is 1. The van der Waals surface area contributed by atoms with Crippen LogP contribution in [-0.4, -0.2) is 11.3 Å². The van der Waals surface area contributed by atoms with E-state index in [9.17, 15) is 4.79 Å². The maximum Gasteiger partial charge on any atom is 0.161 e. The third-order valence-electron chi connectivity index (χ3n) is 2.51. The third-order valence-corrected chi connectivity index (χ3v) is 2.51. The van der Waals surface area contributed by atoms with Crippen LogP contribution in [0, 0.1) is 5.92 Å². The Morgan fingerprint density at radius 2 is 2.17 bits per heavy atom. The molecule has 2 heteroatoms. The molecule has 1 N–H and O–H groups in total. The third kappa shape index (κ3) is 1.52. The highest BCUT2D eigenvalue weighted by molar-refractivity contribution is 5.94. The summed E-state index contributed by atoms with van der Waals surface area (Å²) in [7, 11) is 0. The minimum Gasteiger partial charge on any atom is -0.370 e. The zero-order valence-corrected chi connectivity index (χ0v) is 8.11. The van der Waals surface area contributed by atoms with Gasteiger partial charge in [0.25, 0.3) is 0 Å². The van der Waals surface area contributed by atoms with Gasteiger partial charge in [-0.15, -0.1) is 0 Å². The molecule has 1 saturated heterocycles. The molecule has 0 aliphatic carbocycles. The van der Waals surface area contributed by atoms with E-state index in [0.717, 1.165) is 18.5 Å². The highest BCUT2D eigenvalue weighted by Crippen LogP contribution is 2.35. The van der Waals surface area contributed by atoms with Gasteiger partial charge >= 0.3 is 0 Å². The van der Waals surface area contributed by atoms with Gasteiger partial charge in [-0.05, 0) is 25.7 Å². The average Bonchev–Trinajstić information content (AvgIpc) is 2.59. The second kappa shape index (κ2) is 2.92. The molecule has 1 rings (SSSR count). The molecule has 1 aliphatic rings. The topological polar surface area (TPSA) is 39.0 Å². The molecule has 0 amide bonds.